The van der Waals surface area contributed by atoms with Crippen molar-refractivity contribution in [2.24, 2.45) is 5.16 Å². The highest BCUT2D eigenvalue weighted by Gasteiger charge is 2.54. The number of carboxylic acid groups (broad SMARTS) is 1. The maximum absolute atomic E-state index is 15.5. The van der Waals surface area contributed by atoms with Gasteiger partial charge in [0.05, 0.1) is 11.2 Å². The van der Waals surface area contributed by atoms with E-state index in [2.05, 4.69) is 20.6 Å². The number of fused-ring (bicyclic) bond motifs is 3. The highest BCUT2D eigenvalue weighted by atomic mass is 32.2. The number of rotatable bonds is 9. The van der Waals surface area contributed by atoms with Gasteiger partial charge in [-0.3, -0.25) is 24.1 Å². The lowest BCUT2D eigenvalue weighted by Gasteiger charge is -2.49. The molecule has 0 bridgehead atoms. The average Bonchev–Trinajstić information content (AvgIpc) is 3.79. The van der Waals surface area contributed by atoms with Gasteiger partial charge in [-0.25, -0.2) is 19.0 Å². The van der Waals surface area contributed by atoms with Crippen LogP contribution in [-0.4, -0.2) is 116 Å². The zero-order chi connectivity index (χ0) is 38.0. The molecule has 0 radical (unpaired) electrons. The number of halogens is 1. The molecule has 2 atom stereocenters. The molecule has 19 nitrogen and oxygen atoms in total. The van der Waals surface area contributed by atoms with Gasteiger partial charge in [-0.2, -0.15) is 5.16 Å². The van der Waals surface area contributed by atoms with Gasteiger partial charge in [0.1, 0.15) is 42.3 Å². The van der Waals surface area contributed by atoms with E-state index in [9.17, 15) is 33.9 Å². The van der Waals surface area contributed by atoms with Crippen LogP contribution in [0.15, 0.2) is 48.1 Å². The Kier molecular flexibility index (Phi) is 8.79. The first-order valence-electron chi connectivity index (χ1n) is 16.6. The number of hydrogen-bond donors (Lipinski definition) is 4. The molecule has 22 heteroatoms. The number of carboxylic acids is 1. The fourth-order valence-electron chi connectivity index (χ4n) is 6.84. The Hall–Kier alpha value is -5.90. The van der Waals surface area contributed by atoms with Gasteiger partial charge in [0.25, 0.3) is 17.4 Å². The van der Waals surface area contributed by atoms with E-state index in [4.69, 9.17) is 19.8 Å². The van der Waals surface area contributed by atoms with Crippen molar-refractivity contribution in [2.45, 2.75) is 30.3 Å². The van der Waals surface area contributed by atoms with Crippen LogP contribution in [0.25, 0.3) is 22.0 Å². The zero-order valence-electron chi connectivity index (χ0n) is 28.2. The molecule has 4 aliphatic rings. The molecule has 3 fully saturated rings. The van der Waals surface area contributed by atoms with Gasteiger partial charge in [0.2, 0.25) is 11.1 Å². The average molecular weight is 784 g/mol. The molecule has 4 aromatic rings. The lowest BCUT2D eigenvalue weighted by Crippen LogP contribution is -2.71. The number of nitrogen functional groups attached to an aromatic ring is 1. The minimum Gasteiger partial charge on any atom is -0.477 e. The number of benzene rings is 1. The summed E-state index contributed by atoms with van der Waals surface area (Å²) in [7, 11) is 1.24. The molecule has 8 rings (SSSR count). The summed E-state index contributed by atoms with van der Waals surface area (Å²) in [5.74, 6) is -3.41. The first kappa shape index (κ1) is 35.1. The largest absolute Gasteiger partial charge is 0.477 e. The Bertz CT molecular complexity index is 2440. The second-order valence-electron chi connectivity index (χ2n) is 12.8. The van der Waals surface area contributed by atoms with Crippen molar-refractivity contribution in [3.8, 4) is 0 Å². The molecule has 6 heterocycles. The molecule has 1 aliphatic carbocycles. The molecule has 3 aromatic heterocycles. The fourth-order valence-corrected chi connectivity index (χ4v) is 8.72. The molecule has 3 amide bonds. The second-order valence-corrected chi connectivity index (χ2v) is 14.8. The van der Waals surface area contributed by atoms with E-state index in [0.717, 1.165) is 35.1 Å². The maximum Gasteiger partial charge on any atom is 0.410 e. The number of carbonyl (C=O) groups is 4. The van der Waals surface area contributed by atoms with E-state index in [1.165, 1.54) is 29.2 Å². The smallest absolute Gasteiger partial charge is 0.410 e. The van der Waals surface area contributed by atoms with Crippen LogP contribution < -0.4 is 26.9 Å². The number of nitrogens with two attached hydrogens (primary N) is 1. The predicted octanol–water partition coefficient (Wildman–Crippen LogP) is 0.997. The highest BCUT2D eigenvalue weighted by molar-refractivity contribution is 8.00. The van der Waals surface area contributed by atoms with Crippen LogP contribution in [0.2, 0.25) is 0 Å². The number of thiazole rings is 1. The molecular weight excluding hydrogens is 754 g/mol. The molecule has 3 aliphatic heterocycles. The lowest BCUT2D eigenvalue weighted by atomic mass is 10.0. The second kappa shape index (κ2) is 13.5. The molecule has 5 N–H and O–H groups in total. The summed E-state index contributed by atoms with van der Waals surface area (Å²) in [5.41, 5.74) is 4.93. The Morgan fingerprint density at radius 3 is 2.61 bits per heavy atom. The SMILES string of the molecule is CO/N=C(\C(=O)N[C@@H]1C(=O)N2C(C(=O)O)=C(COC(=O)N3CCN(c4cc5c(cc4F)c(=O)c4c(=O)[nH]oc4n5C4CC4)CC3)CS[C@H]12)c1csc(N)n1. The van der Waals surface area contributed by atoms with Crippen LogP contribution in [0.4, 0.5) is 20.0 Å². The number of piperazine rings is 1. The van der Waals surface area contributed by atoms with Crippen LogP contribution in [0.5, 0.6) is 0 Å². The van der Waals surface area contributed by atoms with Gasteiger partial charge in [0, 0.05) is 54.3 Å². The van der Waals surface area contributed by atoms with Crippen molar-refractivity contribution in [1.82, 2.24) is 29.8 Å². The summed E-state index contributed by atoms with van der Waals surface area (Å²) in [6.45, 7) is 0.323. The third kappa shape index (κ3) is 5.90. The predicted molar refractivity (Wildman–Crippen MR) is 192 cm³/mol. The van der Waals surface area contributed by atoms with E-state index in [1.807, 2.05) is 0 Å². The number of ether oxygens (including phenoxy) is 1. The molecule has 0 unspecified atom stereocenters. The Labute approximate surface area is 310 Å². The Morgan fingerprint density at radius 2 is 1.94 bits per heavy atom. The lowest BCUT2D eigenvalue weighted by molar-refractivity contribution is -0.150. The summed E-state index contributed by atoms with van der Waals surface area (Å²) in [6, 6.07) is 1.62. The van der Waals surface area contributed by atoms with Crippen LogP contribution in [0.3, 0.4) is 0 Å². The minimum atomic E-state index is -1.40. The van der Waals surface area contributed by atoms with Crippen molar-refractivity contribution >= 4 is 85.5 Å². The van der Waals surface area contributed by atoms with Crippen molar-refractivity contribution in [2.75, 3.05) is 56.3 Å². The molecule has 1 aromatic carbocycles. The number of hydrogen-bond acceptors (Lipinski definition) is 15. The monoisotopic (exact) mass is 783 g/mol. The van der Waals surface area contributed by atoms with Gasteiger partial charge in [0.15, 0.2) is 16.2 Å². The first-order valence-corrected chi connectivity index (χ1v) is 18.5. The van der Waals surface area contributed by atoms with Crippen molar-refractivity contribution in [3.63, 3.8) is 0 Å². The number of aliphatic carboxylic acids is 1. The summed E-state index contributed by atoms with van der Waals surface area (Å²) < 4.78 is 28.1. The van der Waals surface area contributed by atoms with E-state index in [1.54, 1.807) is 15.5 Å². The highest BCUT2D eigenvalue weighted by Crippen LogP contribution is 2.41. The van der Waals surface area contributed by atoms with Crippen LogP contribution >= 0.6 is 23.1 Å². The quantitative estimate of drug-likeness (QED) is 0.105. The molecule has 2 saturated heterocycles. The van der Waals surface area contributed by atoms with Gasteiger partial charge < -0.3 is 44.6 Å². The maximum atomic E-state index is 15.5. The number of pyridine rings is 1. The summed E-state index contributed by atoms with van der Waals surface area (Å²) >= 11 is 2.27. The number of aromatic nitrogens is 3. The standard InChI is InChI=1S/C32H30FN9O10S2/c1-50-37-21(17-12-54-31(34)35-17)26(45)36-22-27(46)42-23(30(47)48)13(11-53-29(22)42)10-51-32(49)40-6-4-39(5-7-40)19-9-18-15(8-16(19)33)24(43)20-25(44)38-52-28(20)41(18)14-2-3-14/h8-9,12,14,22,29H,2-7,10-11H2,1H3,(H2,34,35)(H,36,45)(H,38,44)(H,47,48)/b37-21-/t22-,29-/m1/s1. The molecule has 0 spiro atoms. The van der Waals surface area contributed by atoms with Crippen molar-refractivity contribution in [3.05, 3.63) is 60.9 Å². The summed E-state index contributed by atoms with van der Waals surface area (Å²) in [6.07, 6.45) is 0.894. The minimum absolute atomic E-state index is 0.00423. The number of anilines is 2. The van der Waals surface area contributed by atoms with Crippen LogP contribution in [0, 0.1) is 5.82 Å². The number of carbonyl (C=O) groups excluding carboxylic acids is 3. The number of nitrogens with one attached hydrogen (secondary N) is 2. The number of H-pyrrole nitrogens is 1. The first-order chi connectivity index (χ1) is 26.0. The number of aromatic amines is 1. The zero-order valence-corrected chi connectivity index (χ0v) is 29.8. The van der Waals surface area contributed by atoms with E-state index >= 15 is 4.39 Å². The summed E-state index contributed by atoms with van der Waals surface area (Å²) in [5, 5.41) is 19.4. The van der Waals surface area contributed by atoms with E-state index < -0.39 is 58.7 Å². The fraction of sp³-hybridized carbons (Fsp3) is 0.375. The van der Waals surface area contributed by atoms with E-state index in [-0.39, 0.29) is 88.0 Å². The number of β-lactam (4-membered cyclic amide) rings is 1. The van der Waals surface area contributed by atoms with E-state index in [0.29, 0.717) is 5.52 Å². The molecule has 54 heavy (non-hydrogen) atoms. The third-order valence-electron chi connectivity index (χ3n) is 9.56. The topological polar surface area (TPSA) is 248 Å². The number of oxime groups is 1. The Balaban J connectivity index is 0.919. The van der Waals surface area contributed by atoms with Gasteiger partial charge in [-0.15, -0.1) is 23.1 Å². The van der Waals surface area contributed by atoms with Gasteiger partial charge in [-0.05, 0) is 25.0 Å². The Morgan fingerprint density at radius 1 is 1.19 bits per heavy atom. The van der Waals surface area contributed by atoms with Gasteiger partial charge in [-0.1, -0.05) is 5.16 Å². The van der Waals surface area contributed by atoms with Gasteiger partial charge >= 0.3 is 12.1 Å². The molecule has 1 saturated carbocycles. The van der Waals surface area contributed by atoms with Crippen LogP contribution in [-0.2, 0) is 24.0 Å². The number of thioether (sulfide) groups is 1. The van der Waals surface area contributed by atoms with Crippen molar-refractivity contribution < 1.29 is 42.8 Å². The number of nitrogens with zero attached hydrogens (tertiary/aromatic N) is 6. The van der Waals surface area contributed by atoms with Crippen LogP contribution in [0.1, 0.15) is 24.6 Å². The van der Waals surface area contributed by atoms with Crippen molar-refractivity contribution in [1.29, 1.82) is 0 Å². The molecular formula is C32H30FN9O10S2. The number of amides is 3. The normalized spacial score (nSPS) is 20.3. The summed E-state index contributed by atoms with van der Waals surface area (Å²) in [4.78, 5) is 90.1. The third-order valence-corrected chi connectivity index (χ3v) is 11.6. The molecule has 282 valence electrons.